The van der Waals surface area contributed by atoms with E-state index in [1.165, 1.54) is 5.56 Å². The molecule has 0 saturated carbocycles. The third kappa shape index (κ3) is 3.60. The van der Waals surface area contributed by atoms with Crippen LogP contribution in [0.4, 0.5) is 0 Å². The SMILES string of the molecule is CC(N)c1ccc(OCCc2ccccc2)cc1. The number of hydrogen-bond donors (Lipinski definition) is 1. The fourth-order valence-corrected chi connectivity index (χ4v) is 1.80. The predicted octanol–water partition coefficient (Wildman–Crippen LogP) is 3.33. The summed E-state index contributed by atoms with van der Waals surface area (Å²) in [6.07, 6.45) is 0.926. The highest BCUT2D eigenvalue weighted by Gasteiger charge is 1.99. The lowest BCUT2D eigenvalue weighted by Crippen LogP contribution is -2.05. The smallest absolute Gasteiger partial charge is 0.119 e. The molecule has 0 aliphatic heterocycles. The van der Waals surface area contributed by atoms with E-state index in [0.717, 1.165) is 17.7 Å². The van der Waals surface area contributed by atoms with Crippen LogP contribution in [-0.4, -0.2) is 6.61 Å². The van der Waals surface area contributed by atoms with Crippen LogP contribution in [0.5, 0.6) is 5.75 Å². The van der Waals surface area contributed by atoms with Gasteiger partial charge in [-0.15, -0.1) is 0 Å². The van der Waals surface area contributed by atoms with E-state index in [1.807, 2.05) is 49.4 Å². The second-order valence-electron chi connectivity index (χ2n) is 4.44. The molecule has 94 valence electrons. The third-order valence-corrected chi connectivity index (χ3v) is 2.91. The fourth-order valence-electron chi connectivity index (χ4n) is 1.80. The normalized spacial score (nSPS) is 12.1. The van der Waals surface area contributed by atoms with E-state index in [-0.39, 0.29) is 6.04 Å². The lowest BCUT2D eigenvalue weighted by molar-refractivity contribution is 0.322. The van der Waals surface area contributed by atoms with Gasteiger partial charge in [0.05, 0.1) is 6.61 Å². The third-order valence-electron chi connectivity index (χ3n) is 2.91. The lowest BCUT2D eigenvalue weighted by atomic mass is 10.1. The van der Waals surface area contributed by atoms with E-state index in [0.29, 0.717) is 6.61 Å². The van der Waals surface area contributed by atoms with Crippen molar-refractivity contribution in [1.29, 1.82) is 0 Å². The van der Waals surface area contributed by atoms with Gasteiger partial charge < -0.3 is 10.5 Å². The Morgan fingerprint density at radius 2 is 1.67 bits per heavy atom. The van der Waals surface area contributed by atoms with Crippen molar-refractivity contribution in [2.45, 2.75) is 19.4 Å². The van der Waals surface area contributed by atoms with Gasteiger partial charge in [0.15, 0.2) is 0 Å². The van der Waals surface area contributed by atoms with Gasteiger partial charge in [-0.05, 0) is 30.2 Å². The second kappa shape index (κ2) is 6.22. The Labute approximate surface area is 108 Å². The number of hydrogen-bond acceptors (Lipinski definition) is 2. The van der Waals surface area contributed by atoms with Crippen molar-refractivity contribution >= 4 is 0 Å². The maximum Gasteiger partial charge on any atom is 0.119 e. The fraction of sp³-hybridized carbons (Fsp3) is 0.250. The molecular weight excluding hydrogens is 222 g/mol. The molecule has 0 amide bonds. The van der Waals surface area contributed by atoms with Crippen LogP contribution in [0.2, 0.25) is 0 Å². The van der Waals surface area contributed by atoms with Crippen molar-refractivity contribution in [3.8, 4) is 5.75 Å². The zero-order valence-corrected chi connectivity index (χ0v) is 10.7. The average Bonchev–Trinajstić information content (AvgIpc) is 2.40. The highest BCUT2D eigenvalue weighted by atomic mass is 16.5. The Morgan fingerprint density at radius 1 is 1.00 bits per heavy atom. The van der Waals surface area contributed by atoms with Crippen molar-refractivity contribution in [3.05, 3.63) is 65.7 Å². The van der Waals surface area contributed by atoms with E-state index in [4.69, 9.17) is 10.5 Å². The first kappa shape index (κ1) is 12.7. The van der Waals surface area contributed by atoms with Crippen LogP contribution in [0, 0.1) is 0 Å². The van der Waals surface area contributed by atoms with Crippen LogP contribution < -0.4 is 10.5 Å². The Kier molecular flexibility index (Phi) is 4.37. The van der Waals surface area contributed by atoms with Gasteiger partial charge in [0.2, 0.25) is 0 Å². The minimum Gasteiger partial charge on any atom is -0.493 e. The first-order valence-corrected chi connectivity index (χ1v) is 6.28. The molecular formula is C16H19NO. The summed E-state index contributed by atoms with van der Waals surface area (Å²) in [5.74, 6) is 0.898. The van der Waals surface area contributed by atoms with Gasteiger partial charge in [-0.3, -0.25) is 0 Å². The number of rotatable bonds is 5. The van der Waals surface area contributed by atoms with Crippen LogP contribution in [-0.2, 0) is 6.42 Å². The van der Waals surface area contributed by atoms with Crippen molar-refractivity contribution in [2.24, 2.45) is 5.73 Å². The van der Waals surface area contributed by atoms with Crippen LogP contribution in [0.3, 0.4) is 0 Å². The monoisotopic (exact) mass is 241 g/mol. The quantitative estimate of drug-likeness (QED) is 0.871. The van der Waals surface area contributed by atoms with Crippen LogP contribution in [0.1, 0.15) is 24.1 Å². The predicted molar refractivity (Wildman–Crippen MR) is 74.7 cm³/mol. The van der Waals surface area contributed by atoms with Crippen LogP contribution in [0.15, 0.2) is 54.6 Å². The summed E-state index contributed by atoms with van der Waals surface area (Å²) in [6.45, 7) is 2.67. The number of nitrogens with two attached hydrogens (primary N) is 1. The molecule has 2 N–H and O–H groups in total. The molecule has 18 heavy (non-hydrogen) atoms. The molecule has 0 spiro atoms. The molecule has 0 fully saturated rings. The maximum atomic E-state index is 5.80. The molecule has 1 atom stereocenters. The standard InChI is InChI=1S/C16H19NO/c1-13(17)15-7-9-16(10-8-15)18-12-11-14-5-3-2-4-6-14/h2-10,13H,11-12,17H2,1H3. The van der Waals surface area contributed by atoms with E-state index < -0.39 is 0 Å². The molecule has 2 aromatic rings. The highest BCUT2D eigenvalue weighted by molar-refractivity contribution is 5.28. The molecule has 0 bridgehead atoms. The molecule has 2 aromatic carbocycles. The van der Waals surface area contributed by atoms with Crippen molar-refractivity contribution in [2.75, 3.05) is 6.61 Å². The molecule has 0 heterocycles. The summed E-state index contributed by atoms with van der Waals surface area (Å²) < 4.78 is 5.70. The van der Waals surface area contributed by atoms with Gasteiger partial charge in [-0.25, -0.2) is 0 Å². The topological polar surface area (TPSA) is 35.2 Å². The van der Waals surface area contributed by atoms with Gasteiger partial charge in [-0.1, -0.05) is 42.5 Å². The van der Waals surface area contributed by atoms with Crippen molar-refractivity contribution in [1.82, 2.24) is 0 Å². The van der Waals surface area contributed by atoms with E-state index in [1.54, 1.807) is 0 Å². The summed E-state index contributed by atoms with van der Waals surface area (Å²) in [5, 5.41) is 0. The molecule has 0 aliphatic rings. The summed E-state index contributed by atoms with van der Waals surface area (Å²) in [7, 11) is 0. The molecule has 0 radical (unpaired) electrons. The van der Waals surface area contributed by atoms with Crippen molar-refractivity contribution in [3.63, 3.8) is 0 Å². The largest absolute Gasteiger partial charge is 0.493 e. The van der Waals surface area contributed by atoms with Crippen LogP contribution >= 0.6 is 0 Å². The second-order valence-corrected chi connectivity index (χ2v) is 4.44. The summed E-state index contributed by atoms with van der Waals surface area (Å²) in [5.41, 5.74) is 8.23. The molecule has 2 rings (SSSR count). The van der Waals surface area contributed by atoms with E-state index in [9.17, 15) is 0 Å². The first-order valence-electron chi connectivity index (χ1n) is 6.28. The highest BCUT2D eigenvalue weighted by Crippen LogP contribution is 2.16. The van der Waals surface area contributed by atoms with Gasteiger partial charge in [0.25, 0.3) is 0 Å². The molecule has 1 unspecified atom stereocenters. The van der Waals surface area contributed by atoms with Gasteiger partial charge in [0, 0.05) is 12.5 Å². The number of ether oxygens (including phenoxy) is 1. The van der Waals surface area contributed by atoms with Crippen LogP contribution in [0.25, 0.3) is 0 Å². The van der Waals surface area contributed by atoms with Crippen molar-refractivity contribution < 1.29 is 4.74 Å². The molecule has 0 saturated heterocycles. The van der Waals surface area contributed by atoms with E-state index >= 15 is 0 Å². The van der Waals surface area contributed by atoms with Gasteiger partial charge in [0.1, 0.15) is 5.75 Å². The molecule has 2 heteroatoms. The van der Waals surface area contributed by atoms with Gasteiger partial charge >= 0.3 is 0 Å². The van der Waals surface area contributed by atoms with Gasteiger partial charge in [-0.2, -0.15) is 0 Å². The Bertz CT molecular complexity index is 462. The lowest BCUT2D eigenvalue weighted by Gasteiger charge is -2.09. The molecule has 0 aromatic heterocycles. The Hall–Kier alpha value is -1.80. The Balaban J connectivity index is 1.83. The average molecular weight is 241 g/mol. The molecule has 0 aliphatic carbocycles. The Morgan fingerprint density at radius 3 is 2.28 bits per heavy atom. The zero-order valence-electron chi connectivity index (χ0n) is 10.7. The zero-order chi connectivity index (χ0) is 12.8. The van der Waals surface area contributed by atoms with E-state index in [2.05, 4.69) is 12.1 Å². The first-order chi connectivity index (χ1) is 8.75. The summed E-state index contributed by atoms with van der Waals surface area (Å²) >= 11 is 0. The maximum absolute atomic E-state index is 5.80. The molecule has 2 nitrogen and oxygen atoms in total. The summed E-state index contributed by atoms with van der Waals surface area (Å²) in [4.78, 5) is 0. The minimum absolute atomic E-state index is 0.0726. The summed E-state index contributed by atoms with van der Waals surface area (Å²) in [6, 6.07) is 18.4. The minimum atomic E-state index is 0.0726. The number of benzene rings is 2.